The van der Waals surface area contributed by atoms with Crippen molar-refractivity contribution in [3.8, 4) is 0 Å². The van der Waals surface area contributed by atoms with Gasteiger partial charge in [-0.3, -0.25) is 42.5 Å². The van der Waals surface area contributed by atoms with Crippen molar-refractivity contribution in [1.82, 2.24) is 21.7 Å². The second kappa shape index (κ2) is 8.26. The summed E-state index contributed by atoms with van der Waals surface area (Å²) in [6.45, 7) is 0.557. The Morgan fingerprint density at radius 2 is 1.06 bits per heavy atom. The fourth-order valence-electron chi connectivity index (χ4n) is 0.683. The molecule has 0 aromatic rings. The van der Waals surface area contributed by atoms with Gasteiger partial charge >= 0.3 is 0 Å². The maximum atomic E-state index is 6.85. The molecule has 0 atom stereocenters. The van der Waals surface area contributed by atoms with Crippen LogP contribution < -0.4 is 44.6 Å². The zero-order valence-corrected chi connectivity index (χ0v) is 9.62. The molecule has 0 bridgehead atoms. The molecule has 0 radical (unpaired) electrons. The molecule has 0 heterocycles. The summed E-state index contributed by atoms with van der Waals surface area (Å²) in [5.41, 5.74) is 30.1. The standard InChI is InChI=1S/C6H18N12/c7-3(8)15-17-5(11)13-1-2-14-6(12)18-16-4(9)10/h1-2H2,(H4,7,8,15)(H4,9,10,16)(H3,11,13,17)(H3,12,14,18). The van der Waals surface area contributed by atoms with E-state index in [0.29, 0.717) is 0 Å². The molecule has 0 aromatic heterocycles. The predicted molar refractivity (Wildman–Crippen MR) is 69.3 cm³/mol. The van der Waals surface area contributed by atoms with E-state index in [2.05, 4.69) is 31.7 Å². The van der Waals surface area contributed by atoms with Crippen molar-refractivity contribution in [2.24, 2.45) is 32.9 Å². The summed E-state index contributed by atoms with van der Waals surface area (Å²) in [7, 11) is 0. The predicted octanol–water partition coefficient (Wildman–Crippen LogP) is -4.41. The number of hydrogen-bond acceptors (Lipinski definition) is 4. The molecule has 102 valence electrons. The Balaban J connectivity index is 3.82. The third-order valence-electron chi connectivity index (χ3n) is 1.31. The van der Waals surface area contributed by atoms with Crippen LogP contribution >= 0.6 is 0 Å². The minimum atomic E-state index is -0.282. The van der Waals surface area contributed by atoms with Crippen molar-refractivity contribution in [2.75, 3.05) is 13.1 Å². The topological polar surface area (TPSA) is 225 Å². The van der Waals surface area contributed by atoms with Gasteiger partial charge in [0.15, 0.2) is 0 Å². The summed E-state index contributed by atoms with van der Waals surface area (Å²) >= 11 is 0. The quantitative estimate of drug-likeness (QED) is 0.103. The van der Waals surface area contributed by atoms with Crippen LogP contribution in [0.15, 0.2) is 9.98 Å². The van der Waals surface area contributed by atoms with Crippen molar-refractivity contribution in [3.05, 3.63) is 0 Å². The first kappa shape index (κ1) is 15.1. The van der Waals surface area contributed by atoms with Crippen LogP contribution in [0.1, 0.15) is 0 Å². The molecule has 0 saturated carbocycles. The van der Waals surface area contributed by atoms with E-state index in [1.165, 1.54) is 0 Å². The van der Waals surface area contributed by atoms with E-state index in [0.717, 1.165) is 0 Å². The molecule has 0 aliphatic rings. The molecule has 12 nitrogen and oxygen atoms in total. The lowest BCUT2D eigenvalue weighted by molar-refractivity contribution is 0.813. The Bertz CT molecular complexity index is 308. The first-order valence-corrected chi connectivity index (χ1v) is 4.73. The summed E-state index contributed by atoms with van der Waals surface area (Å²) in [5, 5.41) is 13.7. The molecular formula is C6H18N12. The van der Waals surface area contributed by atoms with Crippen molar-refractivity contribution >= 4 is 23.8 Å². The highest BCUT2D eigenvalue weighted by atomic mass is 15.4. The van der Waals surface area contributed by atoms with Crippen molar-refractivity contribution in [3.63, 3.8) is 0 Å². The summed E-state index contributed by atoms with van der Waals surface area (Å²) in [5.74, 6) is -0.438. The first-order chi connectivity index (χ1) is 8.41. The number of nitrogens with zero attached hydrogens (tertiary/aromatic N) is 2. The zero-order chi connectivity index (χ0) is 14.0. The number of aliphatic imine (C=N–C) groups is 2. The molecule has 18 heavy (non-hydrogen) atoms. The number of hydrazine groups is 2. The van der Waals surface area contributed by atoms with Gasteiger partial charge in [0.1, 0.15) is 0 Å². The SMILES string of the molecule is N=C(N)NNC(N)=NCCN=C(N)NNC(=N)N. The summed E-state index contributed by atoms with van der Waals surface area (Å²) in [6.07, 6.45) is 0. The molecule has 14 N–H and O–H groups in total. The second-order valence-corrected chi connectivity index (χ2v) is 2.86. The minimum Gasteiger partial charge on any atom is -0.369 e. The normalized spacial score (nSPS) is 11.6. The van der Waals surface area contributed by atoms with Gasteiger partial charge in [-0.15, -0.1) is 0 Å². The maximum absolute atomic E-state index is 6.85. The Labute approximate surface area is 103 Å². The number of nitrogens with two attached hydrogens (primary N) is 4. The maximum Gasteiger partial charge on any atom is 0.207 e. The molecule has 0 rings (SSSR count). The van der Waals surface area contributed by atoms with Crippen LogP contribution in [0.25, 0.3) is 0 Å². The van der Waals surface area contributed by atoms with Crippen LogP contribution in [0, 0.1) is 10.8 Å². The summed E-state index contributed by atoms with van der Waals surface area (Å²) < 4.78 is 0. The highest BCUT2D eigenvalue weighted by Crippen LogP contribution is 1.73. The van der Waals surface area contributed by atoms with E-state index in [1.54, 1.807) is 0 Å². The van der Waals surface area contributed by atoms with Gasteiger partial charge < -0.3 is 22.9 Å². The minimum absolute atomic E-state index is 0.0637. The molecule has 0 aliphatic carbocycles. The number of hydrogen-bond donors (Lipinski definition) is 10. The van der Waals surface area contributed by atoms with E-state index < -0.39 is 0 Å². The van der Waals surface area contributed by atoms with Gasteiger partial charge in [0.25, 0.3) is 0 Å². The Morgan fingerprint density at radius 3 is 1.33 bits per heavy atom. The number of rotatable bonds is 3. The lowest BCUT2D eigenvalue weighted by Gasteiger charge is -2.06. The van der Waals surface area contributed by atoms with E-state index in [1.807, 2.05) is 0 Å². The third-order valence-corrected chi connectivity index (χ3v) is 1.31. The van der Waals surface area contributed by atoms with Crippen molar-refractivity contribution < 1.29 is 0 Å². The van der Waals surface area contributed by atoms with Crippen molar-refractivity contribution in [2.45, 2.75) is 0 Å². The Morgan fingerprint density at radius 1 is 0.722 bits per heavy atom. The van der Waals surface area contributed by atoms with Crippen molar-refractivity contribution in [1.29, 1.82) is 10.8 Å². The Hall–Kier alpha value is -2.92. The molecule has 0 unspecified atom stereocenters. The van der Waals surface area contributed by atoms with Crippen LogP contribution in [0.5, 0.6) is 0 Å². The molecule has 0 amide bonds. The van der Waals surface area contributed by atoms with Gasteiger partial charge in [0.05, 0.1) is 13.1 Å². The van der Waals surface area contributed by atoms with E-state index in [4.69, 9.17) is 33.8 Å². The molecule has 0 aromatic carbocycles. The van der Waals surface area contributed by atoms with E-state index >= 15 is 0 Å². The van der Waals surface area contributed by atoms with Crippen LogP contribution in [0.2, 0.25) is 0 Å². The molecule has 0 fully saturated rings. The smallest absolute Gasteiger partial charge is 0.207 e. The van der Waals surface area contributed by atoms with Gasteiger partial charge in [-0.05, 0) is 0 Å². The summed E-state index contributed by atoms with van der Waals surface area (Å²) in [4.78, 5) is 7.71. The van der Waals surface area contributed by atoms with E-state index in [-0.39, 0.29) is 36.9 Å². The fraction of sp³-hybridized carbons (Fsp3) is 0.333. The van der Waals surface area contributed by atoms with Crippen LogP contribution in [0.4, 0.5) is 0 Å². The number of guanidine groups is 4. The van der Waals surface area contributed by atoms with Gasteiger partial charge in [-0.1, -0.05) is 0 Å². The molecule has 0 aliphatic heterocycles. The average molecular weight is 258 g/mol. The third kappa shape index (κ3) is 9.63. The highest BCUT2D eigenvalue weighted by molar-refractivity contribution is 5.83. The van der Waals surface area contributed by atoms with Crippen LogP contribution in [0.3, 0.4) is 0 Å². The monoisotopic (exact) mass is 258 g/mol. The zero-order valence-electron chi connectivity index (χ0n) is 9.62. The molecule has 0 saturated heterocycles. The molecule has 12 heteroatoms. The first-order valence-electron chi connectivity index (χ1n) is 4.73. The van der Waals surface area contributed by atoms with Gasteiger partial charge in [0, 0.05) is 0 Å². The largest absolute Gasteiger partial charge is 0.369 e. The Kier molecular flexibility index (Phi) is 6.92. The number of nitrogens with one attached hydrogen (secondary N) is 6. The lowest BCUT2D eigenvalue weighted by atomic mass is 10.6. The molecular weight excluding hydrogens is 240 g/mol. The summed E-state index contributed by atoms with van der Waals surface area (Å²) in [6, 6.07) is 0. The van der Waals surface area contributed by atoms with Crippen LogP contribution in [-0.2, 0) is 0 Å². The average Bonchev–Trinajstić information content (AvgIpc) is 2.29. The van der Waals surface area contributed by atoms with Gasteiger partial charge in [0.2, 0.25) is 23.8 Å². The highest BCUT2D eigenvalue weighted by Gasteiger charge is 1.92. The van der Waals surface area contributed by atoms with Crippen LogP contribution in [-0.4, -0.2) is 36.9 Å². The van der Waals surface area contributed by atoms with E-state index in [9.17, 15) is 0 Å². The van der Waals surface area contributed by atoms with Gasteiger partial charge in [-0.25, -0.2) is 0 Å². The molecule has 0 spiro atoms. The van der Waals surface area contributed by atoms with Gasteiger partial charge in [-0.2, -0.15) is 0 Å². The lowest BCUT2D eigenvalue weighted by Crippen LogP contribution is -2.48. The fourth-order valence-corrected chi connectivity index (χ4v) is 0.683. The second-order valence-electron chi connectivity index (χ2n) is 2.86.